The van der Waals surface area contributed by atoms with Crippen LogP contribution in [0, 0.1) is 12.1 Å². The van der Waals surface area contributed by atoms with Crippen molar-refractivity contribution in [1.29, 1.82) is 0 Å². The van der Waals surface area contributed by atoms with E-state index in [0.29, 0.717) is 5.69 Å². The van der Waals surface area contributed by atoms with Gasteiger partial charge in [-0.05, 0) is 0 Å². The third-order valence-corrected chi connectivity index (χ3v) is 2.11. The van der Waals surface area contributed by atoms with Gasteiger partial charge in [0.2, 0.25) is 10.0 Å². The van der Waals surface area contributed by atoms with E-state index in [9.17, 15) is 8.42 Å². The van der Waals surface area contributed by atoms with Crippen LogP contribution in [0.5, 0.6) is 0 Å². The Labute approximate surface area is 133 Å². The fourth-order valence-corrected chi connectivity index (χ4v) is 1.46. The van der Waals surface area contributed by atoms with Gasteiger partial charge >= 0.3 is 0 Å². The number of pyridine rings is 1. The van der Waals surface area contributed by atoms with Gasteiger partial charge in [0, 0.05) is 32.7 Å². The van der Waals surface area contributed by atoms with Gasteiger partial charge in [-0.15, -0.1) is 6.07 Å². The monoisotopic (exact) mass is 337 g/mol. The van der Waals surface area contributed by atoms with Crippen LogP contribution >= 0.6 is 0 Å². The van der Waals surface area contributed by atoms with Crippen molar-refractivity contribution < 1.29 is 41.1 Å². The summed E-state index contributed by atoms with van der Waals surface area (Å²) in [5, 5.41) is 0. The third kappa shape index (κ3) is 9.27. The van der Waals surface area contributed by atoms with E-state index in [0.717, 1.165) is 6.26 Å². The van der Waals surface area contributed by atoms with E-state index in [1.54, 1.807) is 48.8 Å². The number of nitrogens with one attached hydrogen (secondary N) is 1. The quantitative estimate of drug-likeness (QED) is 0.850. The van der Waals surface area contributed by atoms with Crippen molar-refractivity contribution >= 4 is 15.7 Å². The Kier molecular flexibility index (Phi) is 8.80. The van der Waals surface area contributed by atoms with Crippen LogP contribution in [0.4, 0.5) is 5.69 Å². The number of para-hydroxylation sites is 1. The van der Waals surface area contributed by atoms with E-state index < -0.39 is 10.0 Å². The summed E-state index contributed by atoms with van der Waals surface area (Å²) in [7, 11) is -3.16. The first-order valence-electron chi connectivity index (χ1n) is 4.78. The summed E-state index contributed by atoms with van der Waals surface area (Å²) < 4.78 is 23.6. The molecule has 0 aliphatic carbocycles. The van der Waals surface area contributed by atoms with Crippen molar-refractivity contribution in [2.45, 2.75) is 0 Å². The average Bonchev–Trinajstić information content (AvgIpc) is 2.31. The molecule has 0 aliphatic heterocycles. The average molecular weight is 337 g/mol. The normalized spacial score (nSPS) is 9.39. The molecule has 0 amide bonds. The zero-order valence-electron chi connectivity index (χ0n) is 9.87. The Morgan fingerprint density at radius 1 is 1.17 bits per heavy atom. The van der Waals surface area contributed by atoms with Crippen molar-refractivity contribution in [1.82, 2.24) is 4.98 Å². The van der Waals surface area contributed by atoms with Crippen molar-refractivity contribution in [2.24, 2.45) is 0 Å². The van der Waals surface area contributed by atoms with Crippen molar-refractivity contribution in [2.75, 3.05) is 11.0 Å². The fourth-order valence-electron chi connectivity index (χ4n) is 0.934. The molecular weight excluding hydrogens is 325 g/mol. The molecule has 0 aliphatic rings. The molecule has 1 N–H and O–H groups in total. The largest absolute Gasteiger partial charge is 0.391 e. The topological polar surface area (TPSA) is 59.1 Å². The molecule has 18 heavy (non-hydrogen) atoms. The maximum Gasteiger partial charge on any atom is 0.227 e. The standard InChI is InChI=1S/C7H8NO2S.C5H4N.Y/c1-11(9,10)8-7-5-3-2-4-6-7;1-2-4-6-5-3-1;/h2-5,8H,1H3;2-5H;/q2*-1;. The van der Waals surface area contributed by atoms with Crippen molar-refractivity contribution in [3.63, 3.8) is 0 Å². The van der Waals surface area contributed by atoms with Crippen molar-refractivity contribution in [3.8, 4) is 0 Å². The summed E-state index contributed by atoms with van der Waals surface area (Å²) in [4.78, 5) is 3.75. The number of sulfonamides is 1. The minimum Gasteiger partial charge on any atom is -0.391 e. The first-order valence-corrected chi connectivity index (χ1v) is 6.67. The van der Waals surface area contributed by atoms with Crippen LogP contribution in [0.1, 0.15) is 0 Å². The zero-order chi connectivity index (χ0) is 12.6. The van der Waals surface area contributed by atoms with Gasteiger partial charge in [0.1, 0.15) is 0 Å². The van der Waals surface area contributed by atoms with Crippen LogP contribution in [-0.4, -0.2) is 19.7 Å². The summed E-state index contributed by atoms with van der Waals surface area (Å²) in [6.45, 7) is 0. The van der Waals surface area contributed by atoms with Gasteiger partial charge in [-0.25, -0.2) is 8.42 Å². The fraction of sp³-hybridized carbons (Fsp3) is 0.0833. The molecule has 2 aromatic rings. The SMILES string of the molecule is CS(=O)(=O)Nc1[c-]cccc1.[Y].[c-]1ccncc1. The molecule has 93 valence electrons. The third-order valence-electron chi connectivity index (χ3n) is 1.52. The number of anilines is 1. The molecular formula is C12H12N2O2SY-2. The second kappa shape index (κ2) is 9.19. The van der Waals surface area contributed by atoms with Crippen LogP contribution in [0.25, 0.3) is 0 Å². The molecule has 1 aromatic heterocycles. The van der Waals surface area contributed by atoms with Gasteiger partial charge < -0.3 is 9.71 Å². The number of nitrogens with zero attached hydrogens (tertiary/aromatic N) is 1. The maximum absolute atomic E-state index is 10.7. The molecule has 0 fully saturated rings. The number of benzene rings is 1. The molecule has 1 heterocycles. The molecule has 0 saturated carbocycles. The molecule has 0 saturated heterocycles. The predicted molar refractivity (Wildman–Crippen MR) is 66.8 cm³/mol. The number of hydrogen-bond donors (Lipinski definition) is 1. The van der Waals surface area contributed by atoms with Crippen LogP contribution in [0.2, 0.25) is 0 Å². The Morgan fingerprint density at radius 3 is 2.17 bits per heavy atom. The summed E-state index contributed by atoms with van der Waals surface area (Å²) in [5.74, 6) is 0. The van der Waals surface area contributed by atoms with E-state index in [4.69, 9.17) is 0 Å². The Balaban J connectivity index is 0.000000352. The van der Waals surface area contributed by atoms with Gasteiger partial charge in [-0.3, -0.25) is 0 Å². The number of rotatable bonds is 2. The van der Waals surface area contributed by atoms with Crippen LogP contribution < -0.4 is 4.72 Å². The van der Waals surface area contributed by atoms with Gasteiger partial charge in [0.05, 0.1) is 6.26 Å². The van der Waals surface area contributed by atoms with E-state index in [1.807, 2.05) is 0 Å². The Bertz CT molecular complexity index is 492. The molecule has 1 radical (unpaired) electrons. The molecule has 4 nitrogen and oxygen atoms in total. The van der Waals surface area contributed by atoms with Crippen molar-refractivity contribution in [3.05, 3.63) is 60.9 Å². The van der Waals surface area contributed by atoms with E-state index in [-0.39, 0.29) is 32.7 Å². The summed E-state index contributed by atoms with van der Waals surface area (Å²) in [5.41, 5.74) is 0.468. The van der Waals surface area contributed by atoms with Gasteiger partial charge in [0.25, 0.3) is 0 Å². The smallest absolute Gasteiger partial charge is 0.227 e. The molecule has 0 unspecified atom stereocenters. The first kappa shape index (κ1) is 17.2. The predicted octanol–water partition coefficient (Wildman–Crippen LogP) is 1.74. The summed E-state index contributed by atoms with van der Waals surface area (Å²) in [6.07, 6.45) is 4.49. The van der Waals surface area contributed by atoms with Gasteiger partial charge in [-0.2, -0.15) is 42.5 Å². The molecule has 0 spiro atoms. The van der Waals surface area contributed by atoms with Gasteiger partial charge in [0.15, 0.2) is 0 Å². The minimum absolute atomic E-state index is 0. The first-order chi connectivity index (χ1) is 8.08. The van der Waals surface area contributed by atoms with E-state index in [2.05, 4.69) is 21.8 Å². The van der Waals surface area contributed by atoms with E-state index >= 15 is 0 Å². The molecule has 6 heteroatoms. The molecule has 1 aromatic carbocycles. The zero-order valence-corrected chi connectivity index (χ0v) is 13.5. The van der Waals surface area contributed by atoms with Crippen LogP contribution in [0.3, 0.4) is 0 Å². The Hall–Kier alpha value is -0.776. The number of hydrogen-bond acceptors (Lipinski definition) is 3. The van der Waals surface area contributed by atoms with E-state index in [1.165, 1.54) is 0 Å². The second-order valence-corrected chi connectivity index (χ2v) is 4.85. The maximum atomic E-state index is 10.7. The second-order valence-electron chi connectivity index (χ2n) is 3.10. The molecule has 2 rings (SSSR count). The number of aromatic nitrogens is 1. The van der Waals surface area contributed by atoms with Crippen LogP contribution in [0.15, 0.2) is 48.8 Å². The summed E-state index contributed by atoms with van der Waals surface area (Å²) >= 11 is 0. The van der Waals surface area contributed by atoms with Crippen LogP contribution in [-0.2, 0) is 42.7 Å². The van der Waals surface area contributed by atoms with Gasteiger partial charge in [-0.1, -0.05) is 18.1 Å². The molecule has 0 atom stereocenters. The Morgan fingerprint density at radius 2 is 1.83 bits per heavy atom. The minimum atomic E-state index is -3.16. The summed E-state index contributed by atoms with van der Waals surface area (Å²) in [6, 6.07) is 15.9. The molecule has 0 bridgehead atoms.